The smallest absolute Gasteiger partial charge is 0.355 e. The monoisotopic (exact) mass is 379 g/mol. The fraction of sp³-hybridized carbons (Fsp3) is 0.588. The maximum absolute atomic E-state index is 13.7. The first kappa shape index (κ1) is 21.7. The normalized spacial score (nSPS) is 22.3. The van der Waals surface area contributed by atoms with Crippen LogP contribution in [0.3, 0.4) is 0 Å². The van der Waals surface area contributed by atoms with Gasteiger partial charge >= 0.3 is 6.18 Å². The number of halogens is 4. The summed E-state index contributed by atoms with van der Waals surface area (Å²) in [7, 11) is 0. The maximum Gasteiger partial charge on any atom is 0.404 e. The van der Waals surface area contributed by atoms with E-state index in [0.717, 1.165) is 5.56 Å². The van der Waals surface area contributed by atoms with E-state index >= 15 is 0 Å². The molecule has 1 heterocycles. The van der Waals surface area contributed by atoms with Gasteiger partial charge in [-0.1, -0.05) is 37.3 Å². The fourth-order valence-corrected chi connectivity index (χ4v) is 2.93. The number of benzene rings is 1. The lowest BCUT2D eigenvalue weighted by Gasteiger charge is -2.31. The van der Waals surface area contributed by atoms with Crippen molar-refractivity contribution in [2.75, 3.05) is 26.2 Å². The Morgan fingerprint density at radius 3 is 2.56 bits per heavy atom. The molecule has 1 aromatic rings. The lowest BCUT2D eigenvalue weighted by molar-refractivity contribution is -0.218. The molecule has 0 aliphatic carbocycles. The van der Waals surface area contributed by atoms with Crippen LogP contribution in [-0.2, 0) is 11.3 Å². The molecule has 1 aliphatic rings. The van der Waals surface area contributed by atoms with Crippen molar-refractivity contribution < 1.29 is 18.0 Å². The summed E-state index contributed by atoms with van der Waals surface area (Å²) >= 11 is 0. The molecule has 0 bridgehead atoms. The highest BCUT2D eigenvalue weighted by atomic mass is 35.5. The van der Waals surface area contributed by atoms with Crippen molar-refractivity contribution in [3.05, 3.63) is 35.9 Å². The van der Waals surface area contributed by atoms with Crippen molar-refractivity contribution in [3.8, 4) is 0 Å². The molecule has 1 aromatic carbocycles. The molecule has 1 amide bonds. The number of carbonyl (C=O) groups excluding carboxylic acids is 1. The van der Waals surface area contributed by atoms with Crippen molar-refractivity contribution in [3.63, 3.8) is 0 Å². The van der Waals surface area contributed by atoms with E-state index in [1.54, 1.807) is 11.8 Å². The molecule has 2 atom stereocenters. The first-order valence-corrected chi connectivity index (χ1v) is 8.10. The number of hydrogen-bond donors (Lipinski definition) is 2. The second-order valence-corrected chi connectivity index (χ2v) is 6.58. The van der Waals surface area contributed by atoms with E-state index < -0.39 is 17.5 Å². The molecule has 4 nitrogen and oxygen atoms in total. The lowest BCUT2D eigenvalue weighted by atomic mass is 9.85. The third-order valence-corrected chi connectivity index (χ3v) is 4.59. The quantitative estimate of drug-likeness (QED) is 0.798. The van der Waals surface area contributed by atoms with Gasteiger partial charge in [0.1, 0.15) is 0 Å². The first-order chi connectivity index (χ1) is 11.3. The lowest BCUT2D eigenvalue weighted by Crippen LogP contribution is -2.53. The summed E-state index contributed by atoms with van der Waals surface area (Å²) in [6, 6.07) is 9.30. The maximum atomic E-state index is 13.7. The predicted octanol–water partition coefficient (Wildman–Crippen LogP) is 2.57. The summed E-state index contributed by atoms with van der Waals surface area (Å²) in [6.45, 7) is 2.61. The van der Waals surface area contributed by atoms with Gasteiger partial charge in [-0.15, -0.1) is 12.4 Å². The second-order valence-electron chi connectivity index (χ2n) is 6.58. The van der Waals surface area contributed by atoms with E-state index in [9.17, 15) is 18.0 Å². The van der Waals surface area contributed by atoms with Crippen molar-refractivity contribution in [1.29, 1.82) is 0 Å². The minimum atomic E-state index is -4.57. The van der Waals surface area contributed by atoms with E-state index in [0.29, 0.717) is 13.1 Å². The van der Waals surface area contributed by atoms with Crippen LogP contribution in [0, 0.1) is 11.3 Å². The largest absolute Gasteiger partial charge is 0.404 e. The molecule has 0 radical (unpaired) electrons. The van der Waals surface area contributed by atoms with Crippen LogP contribution in [-0.4, -0.2) is 43.2 Å². The Bertz CT molecular complexity index is 556. The summed E-state index contributed by atoms with van der Waals surface area (Å²) in [5.74, 6) is -0.994. The van der Waals surface area contributed by atoms with Gasteiger partial charge in [-0.2, -0.15) is 13.2 Å². The number of likely N-dealkylation sites (tertiary alicyclic amines) is 1. The topological polar surface area (TPSA) is 58.4 Å². The molecule has 1 aliphatic heterocycles. The Morgan fingerprint density at radius 2 is 2.00 bits per heavy atom. The van der Waals surface area contributed by atoms with E-state index in [-0.39, 0.29) is 44.4 Å². The Balaban J connectivity index is 0.00000312. The van der Waals surface area contributed by atoms with Crippen LogP contribution < -0.4 is 11.1 Å². The minimum absolute atomic E-state index is 0. The molecule has 1 fully saturated rings. The number of alkyl halides is 3. The third-order valence-electron chi connectivity index (χ3n) is 4.59. The standard InChI is InChI=1S/C17H24F3N3O.ClH/c1-13(9-21)10-22-15(24)16(17(18,19)20)7-8-23(12-16)11-14-5-3-2-4-6-14;/h2-6,13H,7-12,21H2,1H3,(H,22,24);1H. The Labute approximate surface area is 152 Å². The zero-order valence-corrected chi connectivity index (χ0v) is 15.0. The van der Waals surface area contributed by atoms with Crippen LogP contribution in [0.2, 0.25) is 0 Å². The third kappa shape index (κ3) is 5.09. The van der Waals surface area contributed by atoms with E-state index in [1.165, 1.54) is 0 Å². The molecule has 1 saturated heterocycles. The Kier molecular flexibility index (Phi) is 7.71. The van der Waals surface area contributed by atoms with Gasteiger partial charge in [-0.25, -0.2) is 0 Å². The van der Waals surface area contributed by atoms with Crippen molar-refractivity contribution >= 4 is 18.3 Å². The van der Waals surface area contributed by atoms with Gasteiger partial charge < -0.3 is 11.1 Å². The van der Waals surface area contributed by atoms with Gasteiger partial charge in [-0.3, -0.25) is 9.69 Å². The molecule has 0 spiro atoms. The van der Waals surface area contributed by atoms with Crippen molar-refractivity contribution in [2.24, 2.45) is 17.1 Å². The van der Waals surface area contributed by atoms with E-state index in [2.05, 4.69) is 5.32 Å². The summed E-state index contributed by atoms with van der Waals surface area (Å²) in [6.07, 6.45) is -4.79. The number of nitrogens with one attached hydrogen (secondary N) is 1. The zero-order valence-electron chi connectivity index (χ0n) is 14.2. The number of nitrogens with zero attached hydrogens (tertiary/aromatic N) is 1. The molecule has 0 aromatic heterocycles. The molecule has 8 heteroatoms. The van der Waals surface area contributed by atoms with Crippen LogP contribution in [0.1, 0.15) is 18.9 Å². The minimum Gasteiger partial charge on any atom is -0.355 e. The highest BCUT2D eigenvalue weighted by Gasteiger charge is 2.62. The molecule has 3 N–H and O–H groups in total. The van der Waals surface area contributed by atoms with Gasteiger partial charge in [0, 0.05) is 19.6 Å². The molecular formula is C17H25ClF3N3O. The zero-order chi connectivity index (χ0) is 17.8. The first-order valence-electron chi connectivity index (χ1n) is 8.10. The molecule has 2 unspecified atom stereocenters. The van der Waals surface area contributed by atoms with Crippen molar-refractivity contribution in [2.45, 2.75) is 26.1 Å². The molecule has 2 rings (SSSR count). The van der Waals surface area contributed by atoms with Crippen LogP contribution in [0.25, 0.3) is 0 Å². The summed E-state index contributed by atoms with van der Waals surface area (Å²) in [5, 5.41) is 2.44. The SMILES string of the molecule is CC(CN)CNC(=O)C1(C(F)(F)F)CCN(Cc2ccccc2)C1.Cl. The second kappa shape index (κ2) is 8.87. The van der Waals surface area contributed by atoms with Gasteiger partial charge in [0.2, 0.25) is 5.91 Å². The number of carbonyl (C=O) groups is 1. The Hall–Kier alpha value is -1.31. The van der Waals surface area contributed by atoms with Crippen LogP contribution >= 0.6 is 12.4 Å². The number of nitrogens with two attached hydrogens (primary N) is 1. The van der Waals surface area contributed by atoms with E-state index in [1.807, 2.05) is 30.3 Å². The van der Waals surface area contributed by atoms with Gasteiger partial charge in [-0.05, 0) is 31.0 Å². The molecular weight excluding hydrogens is 355 g/mol. The molecule has 25 heavy (non-hydrogen) atoms. The van der Waals surface area contributed by atoms with E-state index in [4.69, 9.17) is 5.73 Å². The number of rotatable bonds is 6. The predicted molar refractivity (Wildman–Crippen MR) is 93.3 cm³/mol. The van der Waals surface area contributed by atoms with Crippen molar-refractivity contribution in [1.82, 2.24) is 10.2 Å². The van der Waals surface area contributed by atoms with Crippen LogP contribution in [0.4, 0.5) is 13.2 Å². The highest BCUT2D eigenvalue weighted by Crippen LogP contribution is 2.46. The summed E-state index contributed by atoms with van der Waals surface area (Å²) < 4.78 is 41.0. The summed E-state index contributed by atoms with van der Waals surface area (Å²) in [4.78, 5) is 14.0. The Morgan fingerprint density at radius 1 is 1.36 bits per heavy atom. The molecule has 0 saturated carbocycles. The van der Waals surface area contributed by atoms with Crippen LogP contribution in [0.5, 0.6) is 0 Å². The van der Waals surface area contributed by atoms with Gasteiger partial charge in [0.25, 0.3) is 0 Å². The average Bonchev–Trinajstić information content (AvgIpc) is 2.98. The average molecular weight is 380 g/mol. The number of hydrogen-bond acceptors (Lipinski definition) is 3. The van der Waals surface area contributed by atoms with Gasteiger partial charge in [0.15, 0.2) is 5.41 Å². The highest BCUT2D eigenvalue weighted by molar-refractivity contribution is 5.85. The summed E-state index contributed by atoms with van der Waals surface area (Å²) in [5.41, 5.74) is 4.06. The van der Waals surface area contributed by atoms with Gasteiger partial charge in [0.05, 0.1) is 0 Å². The molecule has 142 valence electrons. The fourth-order valence-electron chi connectivity index (χ4n) is 2.93. The number of amides is 1. The van der Waals surface area contributed by atoms with Crippen LogP contribution in [0.15, 0.2) is 30.3 Å².